The molecule has 9 N–H and O–H groups in total. The summed E-state index contributed by atoms with van der Waals surface area (Å²) in [7, 11) is 0. The van der Waals surface area contributed by atoms with Crippen LogP contribution in [0.2, 0.25) is 0 Å². The molecule has 0 aliphatic heterocycles. The van der Waals surface area contributed by atoms with Crippen molar-refractivity contribution in [3.05, 3.63) is 36.4 Å². The predicted molar refractivity (Wildman–Crippen MR) is 131 cm³/mol. The van der Waals surface area contributed by atoms with E-state index in [9.17, 15) is 29.1 Å². The molecule has 0 spiro atoms. The van der Waals surface area contributed by atoms with E-state index in [1.54, 1.807) is 6.26 Å². The lowest BCUT2D eigenvalue weighted by molar-refractivity contribution is -0.147. The number of rotatable bonds is 16. The number of carbonyl (C=O) groups is 5. The van der Waals surface area contributed by atoms with E-state index in [-0.39, 0.29) is 19.3 Å². The molecule has 0 saturated heterocycles. The Morgan fingerprint density at radius 2 is 1.43 bits per heavy atom. The topological polar surface area (TPSA) is 245 Å². The van der Waals surface area contributed by atoms with Crippen molar-refractivity contribution in [3.63, 3.8) is 0 Å². The van der Waals surface area contributed by atoms with Gasteiger partial charge in [0, 0.05) is 36.6 Å². The van der Waals surface area contributed by atoms with Crippen molar-refractivity contribution in [2.24, 2.45) is 5.73 Å². The zero-order valence-electron chi connectivity index (χ0n) is 20.0. The Labute approximate surface area is 215 Å². The molecule has 16 heteroatoms. The number of imidazole rings is 2. The highest BCUT2D eigenvalue weighted by Crippen LogP contribution is 2.06. The highest BCUT2D eigenvalue weighted by Gasteiger charge is 2.31. The number of thioether (sulfide) groups is 1. The number of carboxylic acids is 2. The molecule has 0 aromatic carbocycles. The second-order valence-corrected chi connectivity index (χ2v) is 9.06. The van der Waals surface area contributed by atoms with E-state index in [1.807, 2.05) is 0 Å². The number of aromatic nitrogens is 4. The molecule has 15 nitrogen and oxygen atoms in total. The summed E-state index contributed by atoms with van der Waals surface area (Å²) in [6.45, 7) is 0. The van der Waals surface area contributed by atoms with Crippen LogP contribution in [0.25, 0.3) is 0 Å². The molecule has 0 fully saturated rings. The van der Waals surface area contributed by atoms with Crippen molar-refractivity contribution in [1.29, 1.82) is 0 Å². The normalized spacial score (nSPS) is 14.1. The van der Waals surface area contributed by atoms with Gasteiger partial charge in [-0.2, -0.15) is 11.8 Å². The Hall–Kier alpha value is -3.92. The first kappa shape index (κ1) is 29.3. The van der Waals surface area contributed by atoms with E-state index in [0.717, 1.165) is 0 Å². The van der Waals surface area contributed by atoms with Gasteiger partial charge in [-0.25, -0.2) is 14.8 Å². The predicted octanol–water partition coefficient (Wildman–Crippen LogP) is -1.99. The molecule has 37 heavy (non-hydrogen) atoms. The molecule has 2 aromatic heterocycles. The molecule has 4 atom stereocenters. The summed E-state index contributed by atoms with van der Waals surface area (Å²) in [5, 5.41) is 25.4. The molecule has 2 aromatic rings. The molecule has 202 valence electrons. The van der Waals surface area contributed by atoms with Crippen LogP contribution in [-0.2, 0) is 36.8 Å². The summed E-state index contributed by atoms with van der Waals surface area (Å²) in [6.07, 6.45) is 7.05. The number of H-pyrrole nitrogens is 2. The summed E-state index contributed by atoms with van der Waals surface area (Å²) in [5.74, 6) is -4.71. The molecule has 4 unspecified atom stereocenters. The number of nitrogens with two attached hydrogens (primary N) is 1. The zero-order valence-corrected chi connectivity index (χ0v) is 20.8. The van der Waals surface area contributed by atoms with Crippen LogP contribution in [0.4, 0.5) is 0 Å². The first-order valence-corrected chi connectivity index (χ1v) is 12.5. The average molecular weight is 539 g/mol. The third-order valence-corrected chi connectivity index (χ3v) is 5.82. The largest absolute Gasteiger partial charge is 0.481 e. The van der Waals surface area contributed by atoms with Gasteiger partial charge >= 0.3 is 11.9 Å². The van der Waals surface area contributed by atoms with Gasteiger partial charge in [0.15, 0.2) is 0 Å². The van der Waals surface area contributed by atoms with E-state index in [0.29, 0.717) is 17.1 Å². The fourth-order valence-electron chi connectivity index (χ4n) is 3.25. The number of carbonyl (C=O) groups excluding carboxylic acids is 3. The monoisotopic (exact) mass is 538 g/mol. The van der Waals surface area contributed by atoms with Crippen molar-refractivity contribution in [1.82, 2.24) is 35.9 Å². The van der Waals surface area contributed by atoms with Crippen molar-refractivity contribution in [2.45, 2.75) is 49.9 Å². The third-order valence-electron chi connectivity index (χ3n) is 5.18. The second kappa shape index (κ2) is 14.6. The van der Waals surface area contributed by atoms with Crippen LogP contribution >= 0.6 is 11.8 Å². The van der Waals surface area contributed by atoms with Crippen molar-refractivity contribution >= 4 is 41.4 Å². The molecular formula is C21H30N8O7S. The van der Waals surface area contributed by atoms with Crippen molar-refractivity contribution in [2.75, 3.05) is 12.0 Å². The molecule has 0 radical (unpaired) electrons. The number of nitrogens with zero attached hydrogens (tertiary/aromatic N) is 2. The quantitative estimate of drug-likeness (QED) is 0.116. The maximum atomic E-state index is 13.2. The fourth-order valence-corrected chi connectivity index (χ4v) is 3.73. The lowest BCUT2D eigenvalue weighted by Crippen LogP contribution is -2.58. The van der Waals surface area contributed by atoms with Crippen LogP contribution in [-0.4, -0.2) is 96.0 Å². The van der Waals surface area contributed by atoms with Crippen LogP contribution in [0.15, 0.2) is 25.0 Å². The number of carboxylic acid groups (broad SMARTS) is 2. The van der Waals surface area contributed by atoms with Crippen LogP contribution in [0.5, 0.6) is 0 Å². The van der Waals surface area contributed by atoms with Crippen molar-refractivity contribution < 1.29 is 34.2 Å². The summed E-state index contributed by atoms with van der Waals surface area (Å²) in [6, 6.07) is -5.02. The lowest BCUT2D eigenvalue weighted by atomic mass is 10.1. The van der Waals surface area contributed by atoms with Gasteiger partial charge in [-0.05, 0) is 18.4 Å². The third kappa shape index (κ3) is 9.92. The molecular weight excluding hydrogens is 508 g/mol. The minimum atomic E-state index is -1.68. The van der Waals surface area contributed by atoms with Crippen LogP contribution in [0.1, 0.15) is 24.2 Å². The lowest BCUT2D eigenvalue weighted by Gasteiger charge is -2.25. The van der Waals surface area contributed by atoms with E-state index in [4.69, 9.17) is 10.8 Å². The van der Waals surface area contributed by atoms with Crippen LogP contribution in [0, 0.1) is 0 Å². The summed E-state index contributed by atoms with van der Waals surface area (Å²) < 4.78 is 0. The maximum Gasteiger partial charge on any atom is 0.326 e. The van der Waals surface area contributed by atoms with E-state index < -0.39 is 60.2 Å². The van der Waals surface area contributed by atoms with E-state index >= 15 is 0 Å². The van der Waals surface area contributed by atoms with Gasteiger partial charge in [0.2, 0.25) is 17.7 Å². The van der Waals surface area contributed by atoms with Gasteiger partial charge in [0.05, 0.1) is 25.1 Å². The second-order valence-electron chi connectivity index (χ2n) is 8.07. The van der Waals surface area contributed by atoms with Crippen LogP contribution in [0.3, 0.4) is 0 Å². The summed E-state index contributed by atoms with van der Waals surface area (Å²) in [4.78, 5) is 74.5. The molecule has 0 aliphatic carbocycles. The van der Waals surface area contributed by atoms with E-state index in [1.165, 1.54) is 36.8 Å². The van der Waals surface area contributed by atoms with Gasteiger partial charge in [-0.15, -0.1) is 0 Å². The Morgan fingerprint density at radius 3 is 1.95 bits per heavy atom. The minimum Gasteiger partial charge on any atom is -0.481 e. The first-order valence-electron chi connectivity index (χ1n) is 11.1. The minimum absolute atomic E-state index is 0.00197. The smallest absolute Gasteiger partial charge is 0.326 e. The number of nitrogens with one attached hydrogen (secondary N) is 5. The Morgan fingerprint density at radius 1 is 0.892 bits per heavy atom. The highest BCUT2D eigenvalue weighted by molar-refractivity contribution is 7.98. The molecule has 0 aliphatic rings. The van der Waals surface area contributed by atoms with Gasteiger partial charge < -0.3 is 41.9 Å². The molecule has 2 heterocycles. The zero-order chi connectivity index (χ0) is 27.4. The number of hydrogen-bond donors (Lipinski definition) is 8. The summed E-state index contributed by atoms with van der Waals surface area (Å²) >= 11 is 1.39. The van der Waals surface area contributed by atoms with Gasteiger partial charge in [0.1, 0.15) is 18.1 Å². The van der Waals surface area contributed by atoms with Crippen molar-refractivity contribution in [3.8, 4) is 0 Å². The number of aliphatic carboxylic acids is 2. The molecule has 0 bridgehead atoms. The van der Waals surface area contributed by atoms with Gasteiger partial charge in [-0.1, -0.05) is 0 Å². The Balaban J connectivity index is 2.15. The maximum absolute atomic E-state index is 13.2. The standard InChI is InChI=1S/C21H30N8O7S/c1-37-3-2-14(19(33)29-16(21(35)36)6-17(30)31)27-20(34)15(5-12-8-24-10-26-12)28-18(32)13(22)4-11-7-23-9-25-11/h7-10,13-16H,2-6,22H2,1H3,(H,23,25)(H,24,26)(H,27,34)(H,28,32)(H,29,33)(H,30,31)(H,35,36). The molecule has 2 rings (SSSR count). The average Bonchev–Trinajstić information content (AvgIpc) is 3.54. The number of amides is 3. The van der Waals surface area contributed by atoms with E-state index in [2.05, 4.69) is 35.9 Å². The first-order chi connectivity index (χ1) is 17.6. The SMILES string of the molecule is CSCCC(NC(=O)C(Cc1cnc[nH]1)NC(=O)C(N)Cc1cnc[nH]1)C(=O)NC(CC(=O)O)C(=O)O. The molecule has 0 saturated carbocycles. The molecule has 3 amide bonds. The van der Waals surface area contributed by atoms with Gasteiger partial charge in [0.25, 0.3) is 0 Å². The fraction of sp³-hybridized carbons (Fsp3) is 0.476. The number of aromatic amines is 2. The summed E-state index contributed by atoms with van der Waals surface area (Å²) in [5.41, 5.74) is 7.14. The Bertz CT molecular complexity index is 1050. The number of hydrogen-bond acceptors (Lipinski definition) is 9. The van der Waals surface area contributed by atoms with Crippen LogP contribution < -0.4 is 21.7 Å². The van der Waals surface area contributed by atoms with Gasteiger partial charge in [-0.3, -0.25) is 19.2 Å². The highest BCUT2D eigenvalue weighted by atomic mass is 32.2. The Kier molecular flexibility index (Phi) is 11.6.